The van der Waals surface area contributed by atoms with Gasteiger partial charge in [0.15, 0.2) is 5.79 Å². The van der Waals surface area contributed by atoms with Crippen LogP contribution in [0, 0.1) is 0 Å². The number of rotatable bonds is 0. The van der Waals surface area contributed by atoms with E-state index in [0.717, 1.165) is 0 Å². The van der Waals surface area contributed by atoms with Gasteiger partial charge in [0.2, 0.25) is 6.36 Å². The number of alkyl halides is 1. The Morgan fingerprint density at radius 3 is 2.56 bits per heavy atom. The van der Waals surface area contributed by atoms with Gasteiger partial charge in [-0.1, -0.05) is 0 Å². The van der Waals surface area contributed by atoms with E-state index in [1.165, 1.54) is 0 Å². The monoisotopic (exact) mass is 134 g/mol. The van der Waals surface area contributed by atoms with Gasteiger partial charge in [-0.25, -0.2) is 4.39 Å². The first-order chi connectivity index (χ1) is 4.10. The highest BCUT2D eigenvalue weighted by molar-refractivity contribution is 4.61. The fourth-order valence-corrected chi connectivity index (χ4v) is 0.798. The lowest BCUT2D eigenvalue weighted by atomic mass is 10.3. The average molecular weight is 134 g/mol. The van der Waals surface area contributed by atoms with Crippen LogP contribution in [0.25, 0.3) is 0 Å². The van der Waals surface area contributed by atoms with Crippen molar-refractivity contribution in [2.24, 2.45) is 0 Å². The highest BCUT2D eigenvalue weighted by Crippen LogP contribution is 2.21. The van der Waals surface area contributed by atoms with Crippen molar-refractivity contribution in [1.82, 2.24) is 0 Å². The Morgan fingerprint density at radius 1 is 1.56 bits per heavy atom. The van der Waals surface area contributed by atoms with E-state index in [1.54, 1.807) is 13.8 Å². The van der Waals surface area contributed by atoms with Crippen molar-refractivity contribution in [3.05, 3.63) is 0 Å². The van der Waals surface area contributed by atoms with Crippen molar-refractivity contribution in [1.29, 1.82) is 0 Å². The summed E-state index contributed by atoms with van der Waals surface area (Å²) >= 11 is 0. The van der Waals surface area contributed by atoms with Gasteiger partial charge in [0.05, 0.1) is 6.61 Å². The van der Waals surface area contributed by atoms with Crippen LogP contribution in [-0.4, -0.2) is 18.8 Å². The second-order valence-electron chi connectivity index (χ2n) is 2.56. The third-order valence-electron chi connectivity index (χ3n) is 1.21. The lowest BCUT2D eigenvalue weighted by molar-refractivity contribution is -0.300. The summed E-state index contributed by atoms with van der Waals surface area (Å²) in [5, 5.41) is 0. The first kappa shape index (κ1) is 6.96. The second-order valence-corrected chi connectivity index (χ2v) is 2.56. The van der Waals surface area contributed by atoms with Gasteiger partial charge in [-0.05, 0) is 13.8 Å². The predicted octanol–water partition coefficient (Wildman–Crippen LogP) is 1.46. The Kier molecular flexibility index (Phi) is 1.73. The maximum absolute atomic E-state index is 12.4. The third-order valence-corrected chi connectivity index (χ3v) is 1.21. The Labute approximate surface area is 54.0 Å². The minimum atomic E-state index is -1.14. The summed E-state index contributed by atoms with van der Waals surface area (Å²) in [7, 11) is 0. The largest absolute Gasteiger partial charge is 0.350 e. The molecule has 1 rings (SSSR count). The first-order valence-electron chi connectivity index (χ1n) is 3.06. The maximum Gasteiger partial charge on any atom is 0.204 e. The van der Waals surface area contributed by atoms with Gasteiger partial charge in [-0.3, -0.25) is 0 Å². The zero-order valence-corrected chi connectivity index (χ0v) is 5.69. The van der Waals surface area contributed by atoms with Gasteiger partial charge in [0.25, 0.3) is 0 Å². The molecule has 1 fully saturated rings. The van der Waals surface area contributed by atoms with E-state index in [2.05, 4.69) is 0 Å². The molecule has 54 valence electrons. The van der Waals surface area contributed by atoms with Crippen LogP contribution in [0.2, 0.25) is 0 Å². The van der Waals surface area contributed by atoms with Crippen molar-refractivity contribution in [2.75, 3.05) is 6.61 Å². The summed E-state index contributed by atoms with van der Waals surface area (Å²) in [5.74, 6) is -0.725. The first-order valence-corrected chi connectivity index (χ1v) is 3.06. The lowest BCUT2D eigenvalue weighted by Gasteiger charge is -2.32. The van der Waals surface area contributed by atoms with E-state index in [4.69, 9.17) is 9.47 Å². The van der Waals surface area contributed by atoms with Crippen LogP contribution in [0.1, 0.15) is 20.3 Å². The standard InChI is InChI=1S/C6H11FO2/c1-6(2)8-4-3-5(7)9-6/h5H,3-4H2,1-2H3. The van der Waals surface area contributed by atoms with E-state index in [-0.39, 0.29) is 0 Å². The van der Waals surface area contributed by atoms with Crippen LogP contribution in [0.4, 0.5) is 4.39 Å². The molecule has 2 nitrogen and oxygen atoms in total. The molecule has 1 atom stereocenters. The summed E-state index contributed by atoms with van der Waals surface area (Å²) in [6.07, 6.45) is -0.794. The van der Waals surface area contributed by atoms with Crippen molar-refractivity contribution in [3.63, 3.8) is 0 Å². The highest BCUT2D eigenvalue weighted by atomic mass is 19.1. The molecule has 1 heterocycles. The van der Waals surface area contributed by atoms with Gasteiger partial charge < -0.3 is 9.47 Å². The Balaban J connectivity index is 2.41. The minimum absolute atomic E-state index is 0.351. The summed E-state index contributed by atoms with van der Waals surface area (Å²) in [5.41, 5.74) is 0. The summed E-state index contributed by atoms with van der Waals surface area (Å²) in [4.78, 5) is 0. The fraction of sp³-hybridized carbons (Fsp3) is 1.00. The van der Waals surface area contributed by atoms with Gasteiger partial charge in [0, 0.05) is 6.42 Å². The number of hydrogen-bond donors (Lipinski definition) is 0. The Bertz CT molecular complexity index is 103. The number of halogens is 1. The minimum Gasteiger partial charge on any atom is -0.350 e. The molecule has 0 aromatic carbocycles. The third kappa shape index (κ3) is 1.91. The van der Waals surface area contributed by atoms with Gasteiger partial charge >= 0.3 is 0 Å². The molecule has 0 radical (unpaired) electrons. The second kappa shape index (κ2) is 2.23. The zero-order valence-electron chi connectivity index (χ0n) is 5.69. The lowest BCUT2D eigenvalue weighted by Crippen LogP contribution is -2.37. The van der Waals surface area contributed by atoms with Crippen LogP contribution in [0.3, 0.4) is 0 Å². The molecule has 1 aliphatic rings. The molecule has 1 saturated heterocycles. The fourth-order valence-electron chi connectivity index (χ4n) is 0.798. The van der Waals surface area contributed by atoms with Crippen molar-refractivity contribution < 1.29 is 13.9 Å². The van der Waals surface area contributed by atoms with E-state index in [0.29, 0.717) is 13.0 Å². The zero-order chi connectivity index (χ0) is 6.91. The molecule has 1 aliphatic heterocycles. The molecule has 3 heteroatoms. The highest BCUT2D eigenvalue weighted by Gasteiger charge is 2.28. The van der Waals surface area contributed by atoms with Crippen LogP contribution in [0.15, 0.2) is 0 Å². The Hall–Kier alpha value is -0.150. The van der Waals surface area contributed by atoms with Gasteiger partial charge in [-0.15, -0.1) is 0 Å². The summed E-state index contributed by atoms with van der Waals surface area (Å²) in [6, 6.07) is 0. The maximum atomic E-state index is 12.4. The molecule has 0 N–H and O–H groups in total. The molecular weight excluding hydrogens is 123 g/mol. The molecule has 0 aliphatic carbocycles. The predicted molar refractivity (Wildman–Crippen MR) is 30.6 cm³/mol. The van der Waals surface area contributed by atoms with Crippen molar-refractivity contribution in [2.45, 2.75) is 32.4 Å². The molecular formula is C6H11FO2. The topological polar surface area (TPSA) is 18.5 Å². The van der Waals surface area contributed by atoms with Gasteiger partial charge in [-0.2, -0.15) is 0 Å². The molecule has 1 unspecified atom stereocenters. The molecule has 0 aromatic rings. The quantitative estimate of drug-likeness (QED) is 0.499. The normalized spacial score (nSPS) is 34.3. The van der Waals surface area contributed by atoms with E-state index in [1.807, 2.05) is 0 Å². The number of ether oxygens (including phenoxy) is 2. The summed E-state index contributed by atoms with van der Waals surface area (Å²) < 4.78 is 22.2. The van der Waals surface area contributed by atoms with Crippen LogP contribution in [0.5, 0.6) is 0 Å². The van der Waals surface area contributed by atoms with Crippen molar-refractivity contribution in [3.8, 4) is 0 Å². The number of hydrogen-bond acceptors (Lipinski definition) is 2. The SMILES string of the molecule is CC1(C)OCCC(F)O1. The molecule has 0 aromatic heterocycles. The molecule has 0 amide bonds. The van der Waals surface area contributed by atoms with Crippen LogP contribution in [-0.2, 0) is 9.47 Å². The van der Waals surface area contributed by atoms with E-state index < -0.39 is 12.1 Å². The average Bonchev–Trinajstić information content (AvgIpc) is 1.60. The van der Waals surface area contributed by atoms with Crippen LogP contribution < -0.4 is 0 Å². The molecule has 9 heavy (non-hydrogen) atoms. The van der Waals surface area contributed by atoms with Gasteiger partial charge in [0.1, 0.15) is 0 Å². The molecule has 0 spiro atoms. The van der Waals surface area contributed by atoms with Crippen LogP contribution >= 0.6 is 0 Å². The van der Waals surface area contributed by atoms with Crippen molar-refractivity contribution >= 4 is 0 Å². The van der Waals surface area contributed by atoms with E-state index >= 15 is 0 Å². The molecule has 0 saturated carbocycles. The molecule has 0 bridgehead atoms. The van der Waals surface area contributed by atoms with E-state index in [9.17, 15) is 4.39 Å². The Morgan fingerprint density at radius 2 is 2.22 bits per heavy atom. The summed E-state index contributed by atoms with van der Waals surface area (Å²) in [6.45, 7) is 3.87. The smallest absolute Gasteiger partial charge is 0.204 e.